The molecule has 1 nitrogen and oxygen atoms in total. The molecule has 0 fully saturated rings. The van der Waals surface area contributed by atoms with Crippen LogP contribution in [0.1, 0.15) is 26.3 Å². The Morgan fingerprint density at radius 3 is 2.54 bits per heavy atom. The number of hydrogen-bond acceptors (Lipinski definition) is 1. The number of halogens is 1. The zero-order chi connectivity index (χ0) is 9.84. The van der Waals surface area contributed by atoms with Crippen LogP contribution in [0.2, 0.25) is 0 Å². The highest BCUT2D eigenvalue weighted by Crippen LogP contribution is 2.22. The van der Waals surface area contributed by atoms with Crippen LogP contribution in [0.25, 0.3) is 0 Å². The molecule has 0 spiro atoms. The van der Waals surface area contributed by atoms with Gasteiger partial charge in [0.2, 0.25) is 0 Å². The minimum Gasteiger partial charge on any atom is -0.491 e. The summed E-state index contributed by atoms with van der Waals surface area (Å²) in [7, 11) is 0. The van der Waals surface area contributed by atoms with Gasteiger partial charge in [-0.05, 0) is 30.5 Å². The summed E-state index contributed by atoms with van der Waals surface area (Å²) in [5.74, 6) is 1.13. The molecule has 13 heavy (non-hydrogen) atoms. The SMILES string of the molecule is CCOc1ccc([C](C)C)cc1F. The Balaban J connectivity index is 2.92. The van der Waals surface area contributed by atoms with Crippen molar-refractivity contribution in [3.8, 4) is 5.75 Å². The second-order valence-electron chi connectivity index (χ2n) is 3.08. The van der Waals surface area contributed by atoms with Gasteiger partial charge in [0.05, 0.1) is 6.61 Å². The molecule has 1 aromatic carbocycles. The maximum Gasteiger partial charge on any atom is 0.165 e. The van der Waals surface area contributed by atoms with Crippen LogP contribution < -0.4 is 4.74 Å². The van der Waals surface area contributed by atoms with Crippen molar-refractivity contribution in [3.05, 3.63) is 35.5 Å². The third-order valence-corrected chi connectivity index (χ3v) is 1.81. The minimum absolute atomic E-state index is 0.291. The quantitative estimate of drug-likeness (QED) is 0.695. The van der Waals surface area contributed by atoms with Crippen molar-refractivity contribution in [2.24, 2.45) is 0 Å². The molecule has 0 saturated carbocycles. The Kier molecular flexibility index (Phi) is 3.29. The van der Waals surface area contributed by atoms with E-state index in [1.165, 1.54) is 6.07 Å². The van der Waals surface area contributed by atoms with Crippen LogP contribution >= 0.6 is 0 Å². The molecule has 1 radical (unpaired) electrons. The van der Waals surface area contributed by atoms with Gasteiger partial charge in [-0.3, -0.25) is 0 Å². The lowest BCUT2D eigenvalue weighted by Gasteiger charge is -2.08. The van der Waals surface area contributed by atoms with Gasteiger partial charge in [-0.25, -0.2) is 4.39 Å². The smallest absolute Gasteiger partial charge is 0.165 e. The van der Waals surface area contributed by atoms with Crippen molar-refractivity contribution in [1.29, 1.82) is 0 Å². The Bertz CT molecular complexity index is 281. The standard InChI is InChI=1S/C11H14FO/c1-4-13-11-6-5-9(8(2)3)7-10(11)12/h5-7H,4H2,1-3H3. The summed E-state index contributed by atoms with van der Waals surface area (Å²) < 4.78 is 18.3. The summed E-state index contributed by atoms with van der Waals surface area (Å²) >= 11 is 0. The Labute approximate surface area is 78.5 Å². The molecule has 0 N–H and O–H groups in total. The van der Waals surface area contributed by atoms with Crippen LogP contribution in [-0.2, 0) is 0 Å². The third kappa shape index (κ3) is 2.44. The number of ether oxygens (including phenoxy) is 1. The third-order valence-electron chi connectivity index (χ3n) is 1.81. The van der Waals surface area contributed by atoms with E-state index in [0.29, 0.717) is 12.4 Å². The molecule has 71 valence electrons. The average Bonchev–Trinajstić information content (AvgIpc) is 2.08. The lowest BCUT2D eigenvalue weighted by atomic mass is 10.0. The van der Waals surface area contributed by atoms with E-state index in [0.717, 1.165) is 11.5 Å². The molecule has 0 heterocycles. The van der Waals surface area contributed by atoms with Gasteiger partial charge < -0.3 is 4.74 Å². The maximum absolute atomic E-state index is 13.3. The lowest BCUT2D eigenvalue weighted by molar-refractivity contribution is 0.321. The Morgan fingerprint density at radius 1 is 1.38 bits per heavy atom. The Morgan fingerprint density at radius 2 is 2.08 bits per heavy atom. The summed E-state index contributed by atoms with van der Waals surface area (Å²) in [6, 6.07) is 5.03. The first-order valence-corrected chi connectivity index (χ1v) is 4.38. The summed E-state index contributed by atoms with van der Waals surface area (Å²) in [6.07, 6.45) is 0. The lowest BCUT2D eigenvalue weighted by Crippen LogP contribution is -1.96. The van der Waals surface area contributed by atoms with E-state index < -0.39 is 0 Å². The number of benzene rings is 1. The van der Waals surface area contributed by atoms with Crippen molar-refractivity contribution in [3.63, 3.8) is 0 Å². The molecule has 0 aromatic heterocycles. The van der Waals surface area contributed by atoms with Crippen LogP contribution in [0.4, 0.5) is 4.39 Å². The highest BCUT2D eigenvalue weighted by atomic mass is 19.1. The summed E-state index contributed by atoms with van der Waals surface area (Å²) in [4.78, 5) is 0. The van der Waals surface area contributed by atoms with E-state index in [9.17, 15) is 4.39 Å². The first-order valence-electron chi connectivity index (χ1n) is 4.38. The maximum atomic E-state index is 13.3. The van der Waals surface area contributed by atoms with Crippen LogP contribution in [-0.4, -0.2) is 6.61 Å². The van der Waals surface area contributed by atoms with E-state index in [2.05, 4.69) is 0 Å². The van der Waals surface area contributed by atoms with Crippen molar-refractivity contribution in [2.75, 3.05) is 6.61 Å². The van der Waals surface area contributed by atoms with Crippen molar-refractivity contribution < 1.29 is 9.13 Å². The molecule has 0 unspecified atom stereocenters. The predicted molar refractivity (Wildman–Crippen MR) is 51.3 cm³/mol. The van der Waals surface area contributed by atoms with Crippen molar-refractivity contribution in [2.45, 2.75) is 20.8 Å². The van der Waals surface area contributed by atoms with Crippen molar-refractivity contribution in [1.82, 2.24) is 0 Å². The zero-order valence-electron chi connectivity index (χ0n) is 8.23. The van der Waals surface area contributed by atoms with E-state index in [1.807, 2.05) is 26.8 Å². The molecule has 0 saturated heterocycles. The van der Waals surface area contributed by atoms with Gasteiger partial charge in [-0.15, -0.1) is 0 Å². The summed E-state index contributed by atoms with van der Waals surface area (Å²) in [5.41, 5.74) is 0.918. The Hall–Kier alpha value is -1.05. The highest BCUT2D eigenvalue weighted by molar-refractivity contribution is 5.35. The van der Waals surface area contributed by atoms with Crippen LogP contribution in [0.15, 0.2) is 18.2 Å². The molecule has 1 aromatic rings. The number of rotatable bonds is 3. The van der Waals surface area contributed by atoms with E-state index in [1.54, 1.807) is 6.07 Å². The molecule has 1 rings (SSSR count). The number of hydrogen-bond donors (Lipinski definition) is 0. The molecular formula is C11H14FO. The summed E-state index contributed by atoms with van der Waals surface area (Å²) in [6.45, 7) is 6.24. The molecule has 0 atom stereocenters. The monoisotopic (exact) mass is 181 g/mol. The molecule has 0 aliphatic heterocycles. The fraction of sp³-hybridized carbons (Fsp3) is 0.364. The van der Waals surface area contributed by atoms with Gasteiger partial charge in [0.1, 0.15) is 0 Å². The second kappa shape index (κ2) is 4.26. The van der Waals surface area contributed by atoms with Crippen LogP contribution in [0.3, 0.4) is 0 Å². The summed E-state index contributed by atoms with van der Waals surface area (Å²) in [5, 5.41) is 0. The topological polar surface area (TPSA) is 9.23 Å². The predicted octanol–water partition coefficient (Wildman–Crippen LogP) is 3.19. The van der Waals surface area contributed by atoms with Crippen LogP contribution in [0.5, 0.6) is 5.75 Å². The fourth-order valence-electron chi connectivity index (χ4n) is 1.08. The molecule has 2 heteroatoms. The van der Waals surface area contributed by atoms with Gasteiger partial charge in [0.15, 0.2) is 11.6 Å². The molecular weight excluding hydrogens is 167 g/mol. The minimum atomic E-state index is -0.291. The first-order chi connectivity index (χ1) is 6.15. The van der Waals surface area contributed by atoms with Crippen LogP contribution in [0, 0.1) is 11.7 Å². The van der Waals surface area contributed by atoms with E-state index in [-0.39, 0.29) is 5.82 Å². The molecule has 0 aliphatic rings. The second-order valence-corrected chi connectivity index (χ2v) is 3.08. The van der Waals surface area contributed by atoms with Gasteiger partial charge in [0.25, 0.3) is 0 Å². The average molecular weight is 181 g/mol. The highest BCUT2D eigenvalue weighted by Gasteiger charge is 2.06. The molecule has 0 amide bonds. The first kappa shape index (κ1) is 10.0. The largest absolute Gasteiger partial charge is 0.491 e. The van der Waals surface area contributed by atoms with E-state index >= 15 is 0 Å². The van der Waals surface area contributed by atoms with Gasteiger partial charge in [0, 0.05) is 0 Å². The van der Waals surface area contributed by atoms with E-state index in [4.69, 9.17) is 4.74 Å². The zero-order valence-corrected chi connectivity index (χ0v) is 8.23. The molecule has 0 aliphatic carbocycles. The van der Waals surface area contributed by atoms with Gasteiger partial charge >= 0.3 is 0 Å². The fourth-order valence-corrected chi connectivity index (χ4v) is 1.08. The molecule has 0 bridgehead atoms. The van der Waals surface area contributed by atoms with Gasteiger partial charge in [-0.1, -0.05) is 19.9 Å². The van der Waals surface area contributed by atoms with Gasteiger partial charge in [-0.2, -0.15) is 0 Å². The normalized spacial score (nSPS) is 10.5. The van der Waals surface area contributed by atoms with Crippen molar-refractivity contribution >= 4 is 0 Å².